The third-order valence-corrected chi connectivity index (χ3v) is 5.60. The van der Waals surface area contributed by atoms with Crippen LogP contribution in [0.1, 0.15) is 39.5 Å². The molecule has 0 radical (unpaired) electrons. The number of fused-ring (bicyclic) bond motifs is 3. The second kappa shape index (κ2) is 7.84. The van der Waals surface area contributed by atoms with Gasteiger partial charge >= 0.3 is 6.03 Å². The number of nitrogens with zero attached hydrogens (tertiary/aromatic N) is 2. The second-order valence-corrected chi connectivity index (χ2v) is 7.94. The summed E-state index contributed by atoms with van der Waals surface area (Å²) in [5, 5.41) is 3.07. The highest BCUT2D eigenvalue weighted by Crippen LogP contribution is 2.40. The first-order valence-corrected chi connectivity index (χ1v) is 9.49. The van der Waals surface area contributed by atoms with Crippen molar-refractivity contribution >= 4 is 6.03 Å². The van der Waals surface area contributed by atoms with E-state index in [1.54, 1.807) is 0 Å². The van der Waals surface area contributed by atoms with Gasteiger partial charge in [-0.2, -0.15) is 0 Å². The van der Waals surface area contributed by atoms with Crippen molar-refractivity contribution in [2.45, 2.75) is 45.6 Å². The number of likely N-dealkylation sites (tertiary alicyclic amines) is 1. The monoisotopic (exact) mass is 323 g/mol. The van der Waals surface area contributed by atoms with Crippen LogP contribution in [0.25, 0.3) is 0 Å². The van der Waals surface area contributed by atoms with Crippen LogP contribution in [0.15, 0.2) is 0 Å². The van der Waals surface area contributed by atoms with Gasteiger partial charge in [0.05, 0.1) is 0 Å². The Morgan fingerprint density at radius 1 is 1.26 bits per heavy atom. The molecule has 132 valence electrons. The summed E-state index contributed by atoms with van der Waals surface area (Å²) in [5.41, 5.74) is 0. The van der Waals surface area contributed by atoms with Crippen LogP contribution in [0.2, 0.25) is 0 Å². The highest BCUT2D eigenvalue weighted by Gasteiger charge is 2.48. The fourth-order valence-electron chi connectivity index (χ4n) is 4.52. The lowest BCUT2D eigenvalue weighted by molar-refractivity contribution is 0.107. The molecule has 0 saturated carbocycles. The Morgan fingerprint density at radius 3 is 2.96 bits per heavy atom. The van der Waals surface area contributed by atoms with Crippen molar-refractivity contribution < 1.29 is 9.53 Å². The maximum Gasteiger partial charge on any atom is 0.317 e. The first kappa shape index (κ1) is 17.0. The average molecular weight is 323 g/mol. The smallest absolute Gasteiger partial charge is 0.317 e. The van der Waals surface area contributed by atoms with E-state index in [0.717, 1.165) is 51.2 Å². The lowest BCUT2D eigenvalue weighted by Crippen LogP contribution is -2.44. The molecule has 0 aromatic carbocycles. The average Bonchev–Trinajstić information content (AvgIpc) is 3.08. The Bertz CT molecular complexity index is 402. The van der Waals surface area contributed by atoms with E-state index >= 15 is 0 Å². The molecule has 3 saturated heterocycles. The minimum Gasteiger partial charge on any atom is -0.381 e. The Balaban J connectivity index is 1.34. The van der Waals surface area contributed by atoms with E-state index in [9.17, 15) is 4.79 Å². The molecule has 3 aliphatic heterocycles. The van der Waals surface area contributed by atoms with Gasteiger partial charge in [0.25, 0.3) is 0 Å². The minimum absolute atomic E-state index is 0.130. The molecular formula is C18H33N3O2. The Kier molecular flexibility index (Phi) is 5.81. The summed E-state index contributed by atoms with van der Waals surface area (Å²) in [4.78, 5) is 17.1. The zero-order valence-electron chi connectivity index (χ0n) is 14.8. The molecule has 0 bridgehead atoms. The van der Waals surface area contributed by atoms with Crippen molar-refractivity contribution in [3.63, 3.8) is 0 Å². The molecule has 3 heterocycles. The van der Waals surface area contributed by atoms with E-state index < -0.39 is 0 Å². The van der Waals surface area contributed by atoms with Crippen molar-refractivity contribution in [2.75, 3.05) is 45.9 Å². The molecule has 3 fully saturated rings. The van der Waals surface area contributed by atoms with E-state index in [4.69, 9.17) is 4.74 Å². The fraction of sp³-hybridized carbons (Fsp3) is 0.944. The Hall–Kier alpha value is -0.810. The van der Waals surface area contributed by atoms with Crippen molar-refractivity contribution in [1.82, 2.24) is 15.1 Å². The summed E-state index contributed by atoms with van der Waals surface area (Å²) in [7, 11) is 0. The molecule has 5 heteroatoms. The normalized spacial score (nSPS) is 30.6. The fourth-order valence-corrected chi connectivity index (χ4v) is 4.52. The van der Waals surface area contributed by atoms with Gasteiger partial charge in [-0.05, 0) is 43.6 Å². The third-order valence-electron chi connectivity index (χ3n) is 5.60. The number of ether oxygens (including phenoxy) is 1. The molecule has 23 heavy (non-hydrogen) atoms. The number of piperidine rings is 1. The second-order valence-electron chi connectivity index (χ2n) is 7.94. The van der Waals surface area contributed by atoms with Gasteiger partial charge in [0.15, 0.2) is 0 Å². The highest BCUT2D eigenvalue weighted by molar-refractivity contribution is 5.74. The zero-order valence-corrected chi connectivity index (χ0v) is 14.8. The van der Waals surface area contributed by atoms with Crippen LogP contribution in [0.4, 0.5) is 4.79 Å². The van der Waals surface area contributed by atoms with E-state index in [-0.39, 0.29) is 6.03 Å². The molecule has 3 atom stereocenters. The maximum atomic E-state index is 12.3. The van der Waals surface area contributed by atoms with Crippen LogP contribution in [0.3, 0.4) is 0 Å². The van der Waals surface area contributed by atoms with Crippen LogP contribution < -0.4 is 5.32 Å². The quantitative estimate of drug-likeness (QED) is 0.762. The molecule has 1 N–H and O–H groups in total. The van der Waals surface area contributed by atoms with Crippen molar-refractivity contribution in [3.8, 4) is 0 Å². The van der Waals surface area contributed by atoms with E-state index in [1.807, 2.05) is 0 Å². The molecule has 5 nitrogen and oxygen atoms in total. The van der Waals surface area contributed by atoms with Gasteiger partial charge < -0.3 is 15.0 Å². The van der Waals surface area contributed by atoms with Crippen LogP contribution >= 0.6 is 0 Å². The summed E-state index contributed by atoms with van der Waals surface area (Å²) in [6.45, 7) is 11.0. The van der Waals surface area contributed by atoms with Gasteiger partial charge in [-0.3, -0.25) is 4.90 Å². The number of hydrogen-bond donors (Lipinski definition) is 1. The minimum atomic E-state index is 0.130. The largest absolute Gasteiger partial charge is 0.381 e. The molecule has 0 unspecified atom stereocenters. The number of carbonyl (C=O) groups excluding carboxylic acids is 1. The van der Waals surface area contributed by atoms with Crippen LogP contribution in [0, 0.1) is 17.8 Å². The summed E-state index contributed by atoms with van der Waals surface area (Å²) in [5.74, 6) is 2.00. The molecule has 0 aliphatic carbocycles. The van der Waals surface area contributed by atoms with E-state index in [1.165, 1.54) is 32.4 Å². The van der Waals surface area contributed by atoms with Gasteiger partial charge in [-0.25, -0.2) is 4.79 Å². The molecular weight excluding hydrogens is 290 g/mol. The standard InChI is InChI=1S/C18H33N3O2/c1-14(2)13-23-9-5-7-19-18(22)21-11-15-10-20-8-4-3-6-17(20)16(15)12-21/h14-17H,3-13H2,1-2H3,(H,19,22)/t15-,16-,17-/m0/s1. The third kappa shape index (κ3) is 4.18. The number of urea groups is 1. The van der Waals surface area contributed by atoms with Gasteiger partial charge in [0, 0.05) is 45.4 Å². The summed E-state index contributed by atoms with van der Waals surface area (Å²) >= 11 is 0. The number of nitrogens with one attached hydrogen (secondary N) is 1. The van der Waals surface area contributed by atoms with Gasteiger partial charge in [0.1, 0.15) is 0 Å². The van der Waals surface area contributed by atoms with Gasteiger partial charge in [-0.15, -0.1) is 0 Å². The first-order valence-electron chi connectivity index (χ1n) is 9.49. The van der Waals surface area contributed by atoms with Crippen molar-refractivity contribution in [2.24, 2.45) is 17.8 Å². The summed E-state index contributed by atoms with van der Waals surface area (Å²) in [6, 6.07) is 0.876. The Labute approximate surface area is 140 Å². The molecule has 0 aromatic rings. The zero-order chi connectivity index (χ0) is 16.2. The lowest BCUT2D eigenvalue weighted by atomic mass is 9.90. The predicted octanol–water partition coefficient (Wildman–Crippen LogP) is 2.17. The molecule has 0 spiro atoms. The van der Waals surface area contributed by atoms with E-state index in [0.29, 0.717) is 11.8 Å². The first-order chi connectivity index (χ1) is 11.1. The van der Waals surface area contributed by atoms with Crippen LogP contribution in [-0.4, -0.2) is 67.8 Å². The number of amides is 2. The lowest BCUT2D eigenvalue weighted by Gasteiger charge is -2.33. The van der Waals surface area contributed by atoms with Gasteiger partial charge in [-0.1, -0.05) is 20.3 Å². The van der Waals surface area contributed by atoms with Crippen LogP contribution in [-0.2, 0) is 4.74 Å². The van der Waals surface area contributed by atoms with Gasteiger partial charge in [0.2, 0.25) is 0 Å². The number of rotatable bonds is 6. The highest BCUT2D eigenvalue weighted by atomic mass is 16.5. The van der Waals surface area contributed by atoms with Crippen LogP contribution in [0.5, 0.6) is 0 Å². The maximum absolute atomic E-state index is 12.3. The van der Waals surface area contributed by atoms with E-state index in [2.05, 4.69) is 29.0 Å². The molecule has 3 aliphatic rings. The van der Waals surface area contributed by atoms with Crippen molar-refractivity contribution in [1.29, 1.82) is 0 Å². The topological polar surface area (TPSA) is 44.8 Å². The molecule has 2 amide bonds. The SMILES string of the molecule is CC(C)COCCCNC(=O)N1C[C@@H]2CN3CCCC[C@H]3[C@H]2C1. The Morgan fingerprint density at radius 2 is 2.13 bits per heavy atom. The summed E-state index contributed by atoms with van der Waals surface area (Å²) in [6.07, 6.45) is 4.96. The van der Waals surface area contributed by atoms with Crippen molar-refractivity contribution in [3.05, 3.63) is 0 Å². The molecule has 0 aromatic heterocycles. The molecule has 3 rings (SSSR count). The summed E-state index contributed by atoms with van der Waals surface area (Å²) < 4.78 is 5.55. The number of hydrogen-bond acceptors (Lipinski definition) is 3. The predicted molar refractivity (Wildman–Crippen MR) is 91.4 cm³/mol. The number of carbonyl (C=O) groups is 1.